The van der Waals surface area contributed by atoms with Crippen molar-refractivity contribution >= 4 is 33.2 Å². The maximum atomic E-state index is 12.3. The summed E-state index contributed by atoms with van der Waals surface area (Å²) in [7, 11) is -3.37. The highest BCUT2D eigenvalue weighted by Gasteiger charge is 2.29. The summed E-state index contributed by atoms with van der Waals surface area (Å²) in [4.78, 5) is 28.3. The molecular formula is C19H21N3O4S. The number of sulfone groups is 1. The van der Waals surface area contributed by atoms with Gasteiger partial charge >= 0.3 is 0 Å². The van der Waals surface area contributed by atoms with Gasteiger partial charge in [0.25, 0.3) is 5.91 Å². The first kappa shape index (κ1) is 19.0. The largest absolute Gasteiger partial charge is 0.321 e. The van der Waals surface area contributed by atoms with E-state index in [4.69, 9.17) is 0 Å². The second-order valence-electron chi connectivity index (χ2n) is 6.77. The zero-order chi connectivity index (χ0) is 19.6. The van der Waals surface area contributed by atoms with Crippen molar-refractivity contribution in [2.75, 3.05) is 10.6 Å². The smallest absolute Gasteiger partial charge is 0.255 e. The Labute approximate surface area is 158 Å². The lowest BCUT2D eigenvalue weighted by molar-refractivity contribution is -0.117. The van der Waals surface area contributed by atoms with E-state index in [2.05, 4.69) is 15.6 Å². The highest BCUT2D eigenvalue weighted by Crippen LogP contribution is 2.30. The van der Waals surface area contributed by atoms with Gasteiger partial charge in [0.1, 0.15) is 5.82 Å². The highest BCUT2D eigenvalue weighted by molar-refractivity contribution is 7.92. The number of nitrogens with zero attached hydrogens (tertiary/aromatic N) is 1. The van der Waals surface area contributed by atoms with E-state index in [1.807, 2.05) is 0 Å². The number of nitrogens with one attached hydrogen (secondary N) is 2. The van der Waals surface area contributed by atoms with Crippen LogP contribution in [0.4, 0.5) is 11.5 Å². The molecule has 0 atom stereocenters. The quantitative estimate of drug-likeness (QED) is 0.793. The minimum absolute atomic E-state index is 0.0317. The number of aromatic nitrogens is 1. The van der Waals surface area contributed by atoms with Gasteiger partial charge in [-0.1, -0.05) is 0 Å². The molecule has 142 valence electrons. The SMILES string of the molecule is CC(C)S(=O)(=O)c1ccc(C(=O)Nc2ccc(NC(=O)C3CC3)nc2)cc1. The standard InChI is InChI=1S/C19H21N3O4S/c1-12(2)27(25,26)16-8-5-14(6-9-16)18(23)21-15-7-10-17(20-11-15)22-19(24)13-3-4-13/h5-13H,3-4H2,1-2H3,(H,21,23)(H,20,22,24). The number of amides is 2. The van der Waals surface area contributed by atoms with E-state index in [-0.39, 0.29) is 22.6 Å². The van der Waals surface area contributed by atoms with Crippen molar-refractivity contribution in [3.8, 4) is 0 Å². The summed E-state index contributed by atoms with van der Waals surface area (Å²) in [5.74, 6) is 0.123. The van der Waals surface area contributed by atoms with Crippen LogP contribution < -0.4 is 10.6 Å². The minimum Gasteiger partial charge on any atom is -0.321 e. The Morgan fingerprint density at radius 3 is 2.22 bits per heavy atom. The first-order chi connectivity index (χ1) is 12.8. The molecule has 0 spiro atoms. The zero-order valence-electron chi connectivity index (χ0n) is 15.1. The number of rotatable bonds is 6. The summed E-state index contributed by atoms with van der Waals surface area (Å²) >= 11 is 0. The van der Waals surface area contributed by atoms with Crippen LogP contribution in [0.1, 0.15) is 37.0 Å². The Bertz CT molecular complexity index is 947. The highest BCUT2D eigenvalue weighted by atomic mass is 32.2. The second kappa shape index (κ2) is 7.48. The number of hydrogen-bond acceptors (Lipinski definition) is 5. The summed E-state index contributed by atoms with van der Waals surface area (Å²) in [6, 6.07) is 9.07. The van der Waals surface area contributed by atoms with Gasteiger partial charge in [0.15, 0.2) is 9.84 Å². The monoisotopic (exact) mass is 387 g/mol. The lowest BCUT2D eigenvalue weighted by Crippen LogP contribution is -2.16. The second-order valence-corrected chi connectivity index (χ2v) is 9.27. The van der Waals surface area contributed by atoms with Crippen molar-refractivity contribution < 1.29 is 18.0 Å². The number of carbonyl (C=O) groups is 2. The summed E-state index contributed by atoms with van der Waals surface area (Å²) in [5.41, 5.74) is 0.812. The number of pyridine rings is 1. The van der Waals surface area contributed by atoms with Crippen molar-refractivity contribution in [2.24, 2.45) is 5.92 Å². The van der Waals surface area contributed by atoms with Gasteiger partial charge in [-0.3, -0.25) is 9.59 Å². The van der Waals surface area contributed by atoms with E-state index in [1.54, 1.807) is 26.0 Å². The summed E-state index contributed by atoms with van der Waals surface area (Å²) < 4.78 is 24.2. The van der Waals surface area contributed by atoms with E-state index in [9.17, 15) is 18.0 Å². The van der Waals surface area contributed by atoms with E-state index >= 15 is 0 Å². The molecule has 0 unspecified atom stereocenters. The molecule has 1 heterocycles. The Kier molecular flexibility index (Phi) is 5.27. The molecule has 2 amide bonds. The Morgan fingerprint density at radius 2 is 1.70 bits per heavy atom. The van der Waals surface area contributed by atoms with Crippen LogP contribution in [0.15, 0.2) is 47.5 Å². The predicted molar refractivity (Wildman–Crippen MR) is 102 cm³/mol. The molecule has 3 rings (SSSR count). The molecule has 0 saturated heterocycles. The molecule has 0 aliphatic heterocycles. The van der Waals surface area contributed by atoms with E-state index in [0.29, 0.717) is 17.1 Å². The van der Waals surface area contributed by atoms with Crippen LogP contribution in [0.25, 0.3) is 0 Å². The van der Waals surface area contributed by atoms with Gasteiger partial charge < -0.3 is 10.6 Å². The Hall–Kier alpha value is -2.74. The van der Waals surface area contributed by atoms with Gasteiger partial charge in [-0.2, -0.15) is 0 Å². The molecule has 1 aliphatic carbocycles. The molecule has 1 aliphatic rings. The van der Waals surface area contributed by atoms with Crippen LogP contribution in [0.5, 0.6) is 0 Å². The third-order valence-electron chi connectivity index (χ3n) is 4.29. The number of hydrogen-bond donors (Lipinski definition) is 2. The predicted octanol–water partition coefficient (Wildman–Crippen LogP) is 2.86. The molecule has 2 aromatic rings. The van der Waals surface area contributed by atoms with Gasteiger partial charge in [0.2, 0.25) is 5.91 Å². The van der Waals surface area contributed by atoms with Gasteiger partial charge in [-0.25, -0.2) is 13.4 Å². The fraction of sp³-hybridized carbons (Fsp3) is 0.316. The normalized spacial score (nSPS) is 14.0. The number of carbonyl (C=O) groups excluding carboxylic acids is 2. The van der Waals surface area contributed by atoms with E-state index in [1.165, 1.54) is 30.5 Å². The molecular weight excluding hydrogens is 366 g/mol. The van der Waals surface area contributed by atoms with Crippen LogP contribution in [0.2, 0.25) is 0 Å². The summed E-state index contributed by atoms with van der Waals surface area (Å²) in [5, 5.41) is 4.89. The molecule has 2 N–H and O–H groups in total. The van der Waals surface area contributed by atoms with Gasteiger partial charge in [0.05, 0.1) is 22.0 Å². The molecule has 27 heavy (non-hydrogen) atoms. The molecule has 8 heteroatoms. The Balaban J connectivity index is 1.63. The van der Waals surface area contributed by atoms with Crippen LogP contribution in [0.3, 0.4) is 0 Å². The van der Waals surface area contributed by atoms with Gasteiger partial charge in [-0.15, -0.1) is 0 Å². The average molecular weight is 387 g/mol. The first-order valence-electron chi connectivity index (χ1n) is 8.69. The van der Waals surface area contributed by atoms with Crippen molar-refractivity contribution in [3.05, 3.63) is 48.2 Å². The summed E-state index contributed by atoms with van der Waals surface area (Å²) in [6.07, 6.45) is 3.28. The van der Waals surface area contributed by atoms with Crippen molar-refractivity contribution in [3.63, 3.8) is 0 Å². The van der Waals surface area contributed by atoms with E-state index in [0.717, 1.165) is 12.8 Å². The third-order valence-corrected chi connectivity index (χ3v) is 6.46. The molecule has 1 saturated carbocycles. The van der Waals surface area contributed by atoms with Crippen LogP contribution >= 0.6 is 0 Å². The van der Waals surface area contributed by atoms with Crippen LogP contribution in [0, 0.1) is 5.92 Å². The fourth-order valence-electron chi connectivity index (χ4n) is 2.39. The lowest BCUT2D eigenvalue weighted by Gasteiger charge is -2.09. The van der Waals surface area contributed by atoms with Gasteiger partial charge in [0, 0.05) is 11.5 Å². The fourth-order valence-corrected chi connectivity index (χ4v) is 3.45. The maximum Gasteiger partial charge on any atom is 0.255 e. The average Bonchev–Trinajstić information content (AvgIpc) is 3.48. The Morgan fingerprint density at radius 1 is 1.04 bits per heavy atom. The number of benzene rings is 1. The van der Waals surface area contributed by atoms with Crippen molar-refractivity contribution in [1.29, 1.82) is 0 Å². The van der Waals surface area contributed by atoms with Crippen LogP contribution in [-0.2, 0) is 14.6 Å². The molecule has 1 aromatic carbocycles. The van der Waals surface area contributed by atoms with Crippen molar-refractivity contribution in [2.45, 2.75) is 36.8 Å². The minimum atomic E-state index is -3.37. The first-order valence-corrected chi connectivity index (χ1v) is 10.2. The van der Waals surface area contributed by atoms with Crippen LogP contribution in [-0.4, -0.2) is 30.5 Å². The molecule has 7 nitrogen and oxygen atoms in total. The van der Waals surface area contributed by atoms with Gasteiger partial charge in [-0.05, 0) is 63.1 Å². The zero-order valence-corrected chi connectivity index (χ0v) is 15.9. The molecule has 1 fully saturated rings. The van der Waals surface area contributed by atoms with Crippen molar-refractivity contribution in [1.82, 2.24) is 4.98 Å². The van der Waals surface area contributed by atoms with E-state index < -0.39 is 15.1 Å². The topological polar surface area (TPSA) is 105 Å². The number of anilines is 2. The summed E-state index contributed by atoms with van der Waals surface area (Å²) in [6.45, 7) is 3.22. The maximum absolute atomic E-state index is 12.3. The lowest BCUT2D eigenvalue weighted by atomic mass is 10.2. The third kappa shape index (κ3) is 4.51. The molecule has 1 aromatic heterocycles. The molecule has 0 radical (unpaired) electrons. The molecule has 0 bridgehead atoms.